The maximum absolute atomic E-state index is 11.3. The van der Waals surface area contributed by atoms with Crippen molar-refractivity contribution in [3.63, 3.8) is 0 Å². The van der Waals surface area contributed by atoms with Crippen molar-refractivity contribution >= 4 is 11.9 Å². The summed E-state index contributed by atoms with van der Waals surface area (Å²) in [6.07, 6.45) is 6.01. The number of rotatable bonds is 8. The summed E-state index contributed by atoms with van der Waals surface area (Å²) >= 11 is 0. The molecule has 0 aliphatic rings. The zero-order chi connectivity index (χ0) is 11.7. The molecular formula is C11H18NNaO3. The fourth-order valence-corrected chi connectivity index (χ4v) is 1.21. The van der Waals surface area contributed by atoms with Crippen LogP contribution in [0.1, 0.15) is 32.1 Å². The fraction of sp³-hybridized carbons (Fsp3) is 0.636. The maximum atomic E-state index is 11.3. The monoisotopic (exact) mass is 235 g/mol. The average molecular weight is 235 g/mol. The number of carboxylic acids is 1. The maximum Gasteiger partial charge on any atom is 1.00 e. The number of carbonyl (C=O) groups is 2. The van der Waals surface area contributed by atoms with Crippen LogP contribution in [-0.4, -0.2) is 30.4 Å². The summed E-state index contributed by atoms with van der Waals surface area (Å²) in [5.41, 5.74) is 0. The number of aliphatic carboxylic acids is 1. The van der Waals surface area contributed by atoms with E-state index in [9.17, 15) is 14.7 Å². The van der Waals surface area contributed by atoms with Gasteiger partial charge in [0.15, 0.2) is 0 Å². The normalized spacial score (nSPS) is 9.06. The van der Waals surface area contributed by atoms with Crippen molar-refractivity contribution in [2.75, 3.05) is 13.6 Å². The summed E-state index contributed by atoms with van der Waals surface area (Å²) in [6, 6.07) is 0. The van der Waals surface area contributed by atoms with E-state index in [1.165, 1.54) is 11.9 Å². The van der Waals surface area contributed by atoms with Crippen LogP contribution < -0.4 is 34.7 Å². The van der Waals surface area contributed by atoms with E-state index >= 15 is 0 Å². The Balaban J connectivity index is 0. The molecule has 1 amide bonds. The number of hydrogen-bond donors (Lipinski definition) is 0. The Morgan fingerprint density at radius 3 is 2.44 bits per heavy atom. The van der Waals surface area contributed by atoms with Gasteiger partial charge in [0.1, 0.15) is 0 Å². The second kappa shape index (κ2) is 11.2. The molecule has 86 valence electrons. The fourth-order valence-electron chi connectivity index (χ4n) is 1.21. The van der Waals surface area contributed by atoms with Crippen LogP contribution in [0, 0.1) is 0 Å². The average Bonchev–Trinajstić information content (AvgIpc) is 2.16. The molecule has 0 fully saturated rings. The van der Waals surface area contributed by atoms with Gasteiger partial charge in [-0.05, 0) is 19.3 Å². The minimum atomic E-state index is -1.22. The van der Waals surface area contributed by atoms with Gasteiger partial charge in [-0.25, -0.2) is 0 Å². The van der Waals surface area contributed by atoms with Crippen LogP contribution >= 0.6 is 0 Å². The van der Waals surface area contributed by atoms with Crippen LogP contribution in [0.2, 0.25) is 0 Å². The van der Waals surface area contributed by atoms with E-state index in [4.69, 9.17) is 0 Å². The smallest absolute Gasteiger partial charge is 0.548 e. The van der Waals surface area contributed by atoms with Gasteiger partial charge in [0.2, 0.25) is 5.91 Å². The van der Waals surface area contributed by atoms with E-state index in [-0.39, 0.29) is 42.0 Å². The molecule has 0 spiro atoms. The van der Waals surface area contributed by atoms with E-state index in [0.717, 1.165) is 25.7 Å². The van der Waals surface area contributed by atoms with E-state index in [2.05, 4.69) is 6.58 Å². The van der Waals surface area contributed by atoms with Crippen LogP contribution in [0.4, 0.5) is 0 Å². The Bertz CT molecular complexity index is 231. The van der Waals surface area contributed by atoms with Crippen LogP contribution in [0.5, 0.6) is 0 Å². The molecule has 0 bridgehead atoms. The summed E-state index contributed by atoms with van der Waals surface area (Å²) in [7, 11) is 1.47. The second-order valence-electron chi connectivity index (χ2n) is 3.51. The van der Waals surface area contributed by atoms with E-state index in [1.807, 2.05) is 6.08 Å². The third-order valence-corrected chi connectivity index (χ3v) is 2.09. The van der Waals surface area contributed by atoms with Crippen molar-refractivity contribution in [2.24, 2.45) is 0 Å². The predicted octanol–water partition coefficient (Wildman–Crippen LogP) is -2.66. The minimum Gasteiger partial charge on any atom is -0.548 e. The number of likely N-dealkylation sites (N-methyl/N-ethyl adjacent to an activating group) is 1. The number of unbranched alkanes of at least 4 members (excludes halogenated alkanes) is 3. The molecule has 0 N–H and O–H groups in total. The first kappa shape index (κ1) is 18.1. The first-order valence-electron chi connectivity index (χ1n) is 5.12. The quantitative estimate of drug-likeness (QED) is 0.262. The summed E-state index contributed by atoms with van der Waals surface area (Å²) in [4.78, 5) is 22.7. The van der Waals surface area contributed by atoms with Gasteiger partial charge in [0.05, 0.1) is 12.5 Å². The molecule has 0 aromatic rings. The number of hydrogen-bond acceptors (Lipinski definition) is 3. The molecule has 0 aliphatic heterocycles. The zero-order valence-electron chi connectivity index (χ0n) is 10.2. The molecule has 0 unspecified atom stereocenters. The molecule has 5 heteroatoms. The van der Waals surface area contributed by atoms with Crippen molar-refractivity contribution in [2.45, 2.75) is 32.1 Å². The second-order valence-corrected chi connectivity index (χ2v) is 3.51. The van der Waals surface area contributed by atoms with Crippen LogP contribution in [0.3, 0.4) is 0 Å². The van der Waals surface area contributed by atoms with Gasteiger partial charge in [-0.15, -0.1) is 6.58 Å². The largest absolute Gasteiger partial charge is 1.00 e. The van der Waals surface area contributed by atoms with Gasteiger partial charge in [0, 0.05) is 13.5 Å². The molecule has 0 saturated carbocycles. The standard InChI is InChI=1S/C11H19NO3.Na/c1-3-4-5-6-7-8-10(13)12(2)9-11(14)15;/h3H,1,4-9H2,2H3,(H,14,15);/q;+1/p-1. The van der Waals surface area contributed by atoms with Gasteiger partial charge in [-0.2, -0.15) is 0 Å². The summed E-state index contributed by atoms with van der Waals surface area (Å²) in [6.45, 7) is 3.28. The molecule has 0 aliphatic carbocycles. The number of allylic oxidation sites excluding steroid dienone is 1. The van der Waals surface area contributed by atoms with Crippen molar-refractivity contribution in [3.8, 4) is 0 Å². The SMILES string of the molecule is C=CCCCCCC(=O)N(C)CC(=O)[O-].[Na+]. The van der Waals surface area contributed by atoms with E-state index in [1.54, 1.807) is 0 Å². The predicted molar refractivity (Wildman–Crippen MR) is 55.9 cm³/mol. The molecular weight excluding hydrogens is 217 g/mol. The molecule has 0 rings (SSSR count). The first-order valence-corrected chi connectivity index (χ1v) is 5.12. The van der Waals surface area contributed by atoms with E-state index in [0.29, 0.717) is 6.42 Å². The van der Waals surface area contributed by atoms with Gasteiger partial charge in [0.25, 0.3) is 0 Å². The zero-order valence-corrected chi connectivity index (χ0v) is 12.2. The number of carboxylic acid groups (broad SMARTS) is 1. The minimum absolute atomic E-state index is 0. The third kappa shape index (κ3) is 10.2. The molecule has 16 heavy (non-hydrogen) atoms. The number of nitrogens with zero attached hydrogens (tertiary/aromatic N) is 1. The number of amides is 1. The van der Waals surface area contributed by atoms with Gasteiger partial charge in [-0.3, -0.25) is 4.79 Å². The van der Waals surface area contributed by atoms with Gasteiger partial charge < -0.3 is 14.8 Å². The molecule has 0 radical (unpaired) electrons. The Kier molecular flexibility index (Phi) is 12.6. The summed E-state index contributed by atoms with van der Waals surface area (Å²) in [5, 5.41) is 10.2. The van der Waals surface area contributed by atoms with Gasteiger partial charge in [-0.1, -0.05) is 12.5 Å². The van der Waals surface area contributed by atoms with Crippen molar-refractivity contribution in [3.05, 3.63) is 12.7 Å². The Hall–Kier alpha value is -0.320. The third-order valence-electron chi connectivity index (χ3n) is 2.09. The van der Waals surface area contributed by atoms with Crippen molar-refractivity contribution in [1.82, 2.24) is 4.90 Å². The molecule has 0 saturated heterocycles. The summed E-state index contributed by atoms with van der Waals surface area (Å²) in [5.74, 6) is -1.37. The topological polar surface area (TPSA) is 60.4 Å². The Labute approximate surface area is 119 Å². The Morgan fingerprint density at radius 1 is 1.31 bits per heavy atom. The molecule has 0 atom stereocenters. The van der Waals surface area contributed by atoms with Crippen molar-refractivity contribution < 1.29 is 44.3 Å². The number of carbonyl (C=O) groups excluding carboxylic acids is 2. The molecule has 0 aromatic carbocycles. The van der Waals surface area contributed by atoms with Crippen LogP contribution in [-0.2, 0) is 9.59 Å². The molecule has 0 aromatic heterocycles. The van der Waals surface area contributed by atoms with Crippen molar-refractivity contribution in [1.29, 1.82) is 0 Å². The van der Waals surface area contributed by atoms with Gasteiger partial charge >= 0.3 is 29.6 Å². The summed E-state index contributed by atoms with van der Waals surface area (Å²) < 4.78 is 0. The molecule has 0 heterocycles. The molecule has 4 nitrogen and oxygen atoms in total. The Morgan fingerprint density at radius 2 is 1.94 bits per heavy atom. The first-order chi connectivity index (χ1) is 7.07. The van der Waals surface area contributed by atoms with Crippen LogP contribution in [0.15, 0.2) is 12.7 Å². The van der Waals surface area contributed by atoms with E-state index < -0.39 is 5.97 Å². The van der Waals surface area contributed by atoms with Crippen LogP contribution in [0.25, 0.3) is 0 Å².